The van der Waals surface area contributed by atoms with Gasteiger partial charge in [-0.3, -0.25) is 9.59 Å². The molecule has 5 nitrogen and oxygen atoms in total. The number of fused-ring (bicyclic) bond motifs is 1. The fraction of sp³-hybridized carbons (Fsp3) is 0.412. The molecule has 1 aliphatic heterocycles. The predicted molar refractivity (Wildman–Crippen MR) is 83.5 cm³/mol. The molecule has 2 aromatic rings. The molecule has 1 fully saturated rings. The molecule has 0 bridgehead atoms. The van der Waals surface area contributed by atoms with Gasteiger partial charge in [0.2, 0.25) is 5.91 Å². The Kier molecular flexibility index (Phi) is 3.64. The van der Waals surface area contributed by atoms with Gasteiger partial charge in [-0.25, -0.2) is 0 Å². The summed E-state index contributed by atoms with van der Waals surface area (Å²) in [7, 11) is 0. The summed E-state index contributed by atoms with van der Waals surface area (Å²) in [5, 5.41) is 0.943. The monoisotopic (exact) mass is 300 g/mol. The van der Waals surface area contributed by atoms with Gasteiger partial charge in [0.25, 0.3) is 5.91 Å². The van der Waals surface area contributed by atoms with Crippen LogP contribution in [0.2, 0.25) is 0 Å². The van der Waals surface area contributed by atoms with Crippen LogP contribution in [0.4, 0.5) is 0 Å². The minimum Gasteiger partial charge on any atom is -0.451 e. The van der Waals surface area contributed by atoms with Crippen LogP contribution in [0.15, 0.2) is 22.6 Å². The molecule has 2 heterocycles. The third-order valence-corrected chi connectivity index (χ3v) is 4.53. The number of piperidine rings is 1. The van der Waals surface area contributed by atoms with Crippen molar-refractivity contribution in [2.75, 3.05) is 13.1 Å². The molecule has 116 valence electrons. The maximum Gasteiger partial charge on any atom is 0.289 e. The number of amides is 2. The summed E-state index contributed by atoms with van der Waals surface area (Å²) in [6, 6.07) is 5.79. The second-order valence-corrected chi connectivity index (χ2v) is 6.05. The molecule has 1 saturated heterocycles. The van der Waals surface area contributed by atoms with Crippen LogP contribution in [0.3, 0.4) is 0 Å². The van der Waals surface area contributed by atoms with Gasteiger partial charge in [-0.15, -0.1) is 0 Å². The Morgan fingerprint density at radius 2 is 1.77 bits per heavy atom. The average Bonchev–Trinajstić information content (AvgIpc) is 2.90. The molecule has 0 saturated carbocycles. The van der Waals surface area contributed by atoms with E-state index in [1.165, 1.54) is 5.56 Å². The van der Waals surface area contributed by atoms with E-state index < -0.39 is 0 Å². The normalized spacial score (nSPS) is 16.2. The molecule has 2 N–H and O–H groups in total. The van der Waals surface area contributed by atoms with E-state index >= 15 is 0 Å². The lowest BCUT2D eigenvalue weighted by Gasteiger charge is -2.29. The molecule has 2 amide bonds. The maximum absolute atomic E-state index is 12.5. The quantitative estimate of drug-likeness (QED) is 0.925. The molecule has 0 spiro atoms. The van der Waals surface area contributed by atoms with E-state index in [0.29, 0.717) is 31.7 Å². The van der Waals surface area contributed by atoms with E-state index in [0.717, 1.165) is 16.5 Å². The average molecular weight is 300 g/mol. The smallest absolute Gasteiger partial charge is 0.289 e. The van der Waals surface area contributed by atoms with Crippen LogP contribution in [0.5, 0.6) is 0 Å². The van der Waals surface area contributed by atoms with Gasteiger partial charge in [0, 0.05) is 24.4 Å². The van der Waals surface area contributed by atoms with E-state index in [1.807, 2.05) is 26.0 Å². The number of primary amides is 1. The summed E-state index contributed by atoms with van der Waals surface area (Å²) < 4.78 is 5.71. The van der Waals surface area contributed by atoms with Crippen molar-refractivity contribution < 1.29 is 14.0 Å². The van der Waals surface area contributed by atoms with Crippen molar-refractivity contribution in [3.05, 3.63) is 35.1 Å². The summed E-state index contributed by atoms with van der Waals surface area (Å²) in [6.45, 7) is 5.15. The molecule has 1 aromatic heterocycles. The number of benzene rings is 1. The van der Waals surface area contributed by atoms with Gasteiger partial charge in [0.05, 0.1) is 0 Å². The van der Waals surface area contributed by atoms with Gasteiger partial charge < -0.3 is 15.1 Å². The number of hydrogen-bond donors (Lipinski definition) is 1. The van der Waals surface area contributed by atoms with Crippen molar-refractivity contribution in [3.63, 3.8) is 0 Å². The van der Waals surface area contributed by atoms with E-state index in [-0.39, 0.29) is 17.7 Å². The lowest BCUT2D eigenvalue weighted by Crippen LogP contribution is -2.41. The van der Waals surface area contributed by atoms with Crippen molar-refractivity contribution >= 4 is 22.8 Å². The first kappa shape index (κ1) is 14.6. The molecule has 0 atom stereocenters. The first-order valence-corrected chi connectivity index (χ1v) is 7.55. The Hall–Kier alpha value is -2.30. The number of rotatable bonds is 2. The number of carbonyl (C=O) groups is 2. The summed E-state index contributed by atoms with van der Waals surface area (Å²) in [5.41, 5.74) is 8.37. The van der Waals surface area contributed by atoms with Gasteiger partial charge in [-0.05, 0) is 56.0 Å². The van der Waals surface area contributed by atoms with E-state index in [9.17, 15) is 9.59 Å². The van der Waals surface area contributed by atoms with Crippen LogP contribution in [0.25, 0.3) is 11.0 Å². The topological polar surface area (TPSA) is 76.5 Å². The summed E-state index contributed by atoms with van der Waals surface area (Å²) in [6.07, 6.45) is 1.25. The molecule has 0 radical (unpaired) electrons. The number of likely N-dealkylation sites (tertiary alicyclic amines) is 1. The molecule has 0 aliphatic carbocycles. The fourth-order valence-electron chi connectivity index (χ4n) is 2.93. The highest BCUT2D eigenvalue weighted by molar-refractivity contribution is 5.96. The Bertz CT molecular complexity index is 701. The number of nitrogens with zero attached hydrogens (tertiary/aromatic N) is 1. The largest absolute Gasteiger partial charge is 0.451 e. The highest BCUT2D eigenvalue weighted by Gasteiger charge is 2.28. The van der Waals surface area contributed by atoms with Gasteiger partial charge in [0.15, 0.2) is 5.76 Å². The van der Waals surface area contributed by atoms with Crippen molar-refractivity contribution in [2.45, 2.75) is 26.7 Å². The number of aryl methyl sites for hydroxylation is 2. The predicted octanol–water partition coefficient (Wildman–Crippen LogP) is 2.39. The van der Waals surface area contributed by atoms with E-state index in [2.05, 4.69) is 0 Å². The maximum atomic E-state index is 12.5. The van der Waals surface area contributed by atoms with Gasteiger partial charge >= 0.3 is 0 Å². The summed E-state index contributed by atoms with van der Waals surface area (Å²) in [5.74, 6) is -0.154. The van der Waals surface area contributed by atoms with Crippen LogP contribution in [-0.2, 0) is 4.79 Å². The zero-order chi connectivity index (χ0) is 15.9. The fourth-order valence-corrected chi connectivity index (χ4v) is 2.93. The van der Waals surface area contributed by atoms with E-state index in [1.54, 1.807) is 11.0 Å². The van der Waals surface area contributed by atoms with Crippen LogP contribution in [-0.4, -0.2) is 29.8 Å². The second-order valence-electron chi connectivity index (χ2n) is 6.05. The lowest BCUT2D eigenvalue weighted by atomic mass is 9.96. The van der Waals surface area contributed by atoms with Crippen LogP contribution >= 0.6 is 0 Å². The lowest BCUT2D eigenvalue weighted by molar-refractivity contribution is -0.123. The van der Waals surface area contributed by atoms with Crippen LogP contribution in [0.1, 0.15) is 34.5 Å². The number of furan rings is 1. The van der Waals surface area contributed by atoms with Crippen molar-refractivity contribution in [2.24, 2.45) is 11.7 Å². The Morgan fingerprint density at radius 3 is 2.41 bits per heavy atom. The third kappa shape index (κ3) is 2.58. The van der Waals surface area contributed by atoms with Crippen molar-refractivity contribution in [3.8, 4) is 0 Å². The van der Waals surface area contributed by atoms with Crippen LogP contribution < -0.4 is 5.73 Å². The SMILES string of the molecule is Cc1cc2cc(C(=O)N3CCC(C(N)=O)CC3)oc2cc1C. The van der Waals surface area contributed by atoms with Crippen molar-refractivity contribution in [1.29, 1.82) is 0 Å². The number of carbonyl (C=O) groups excluding carboxylic acids is 2. The molecule has 3 rings (SSSR count). The van der Waals surface area contributed by atoms with Crippen molar-refractivity contribution in [1.82, 2.24) is 4.90 Å². The first-order valence-electron chi connectivity index (χ1n) is 7.55. The Morgan fingerprint density at radius 1 is 1.14 bits per heavy atom. The Balaban J connectivity index is 1.79. The highest BCUT2D eigenvalue weighted by atomic mass is 16.3. The standard InChI is InChI=1S/C17H20N2O3/c1-10-7-13-9-15(22-14(13)8-11(10)2)17(21)19-5-3-12(4-6-19)16(18)20/h7-9,12H,3-6H2,1-2H3,(H2,18,20). The third-order valence-electron chi connectivity index (χ3n) is 4.53. The van der Waals surface area contributed by atoms with Gasteiger partial charge in [-0.1, -0.05) is 0 Å². The minimum atomic E-state index is -0.276. The molecule has 1 aromatic carbocycles. The van der Waals surface area contributed by atoms with Gasteiger partial charge in [-0.2, -0.15) is 0 Å². The molecule has 22 heavy (non-hydrogen) atoms. The second kappa shape index (κ2) is 5.48. The molecule has 1 aliphatic rings. The summed E-state index contributed by atoms with van der Waals surface area (Å²) in [4.78, 5) is 25.4. The Labute approximate surface area is 129 Å². The molecule has 5 heteroatoms. The first-order chi connectivity index (χ1) is 10.5. The van der Waals surface area contributed by atoms with Gasteiger partial charge in [0.1, 0.15) is 5.58 Å². The zero-order valence-corrected chi connectivity index (χ0v) is 12.9. The zero-order valence-electron chi connectivity index (χ0n) is 12.9. The number of nitrogens with two attached hydrogens (primary N) is 1. The number of hydrogen-bond acceptors (Lipinski definition) is 3. The summed E-state index contributed by atoms with van der Waals surface area (Å²) >= 11 is 0. The molecular weight excluding hydrogens is 280 g/mol. The highest BCUT2D eigenvalue weighted by Crippen LogP contribution is 2.25. The molecule has 0 unspecified atom stereocenters. The van der Waals surface area contributed by atoms with Crippen LogP contribution in [0, 0.1) is 19.8 Å². The minimum absolute atomic E-state index is 0.116. The molecular formula is C17H20N2O3. The van der Waals surface area contributed by atoms with E-state index in [4.69, 9.17) is 10.2 Å².